The normalized spacial score (nSPS) is 11.4. The van der Waals surface area contributed by atoms with E-state index in [9.17, 15) is 8.42 Å². The highest BCUT2D eigenvalue weighted by Gasteiger charge is 2.14. The van der Waals surface area contributed by atoms with E-state index in [-0.39, 0.29) is 4.90 Å². The highest BCUT2D eigenvalue weighted by Crippen LogP contribution is 2.29. The number of ether oxygens (including phenoxy) is 1. The van der Waals surface area contributed by atoms with Crippen LogP contribution in [0, 0.1) is 20.8 Å². The lowest BCUT2D eigenvalue weighted by Crippen LogP contribution is -1.95. The number of aryl methyl sites for hydroxylation is 3. The summed E-state index contributed by atoms with van der Waals surface area (Å²) in [4.78, 5) is 0.104. The SMILES string of the molecule is Cc1ccc(Oc2ccc(S(=O)(=O)Cl)c(C)c2)c(C)c1. The minimum Gasteiger partial charge on any atom is -0.457 e. The van der Waals surface area contributed by atoms with Gasteiger partial charge in [-0.05, 0) is 56.2 Å². The molecule has 2 rings (SSSR count). The Morgan fingerprint density at radius 2 is 1.65 bits per heavy atom. The van der Waals surface area contributed by atoms with Gasteiger partial charge in [-0.15, -0.1) is 0 Å². The number of rotatable bonds is 3. The number of benzene rings is 2. The summed E-state index contributed by atoms with van der Waals surface area (Å²) in [6.07, 6.45) is 0. The van der Waals surface area contributed by atoms with E-state index in [4.69, 9.17) is 15.4 Å². The van der Waals surface area contributed by atoms with Crippen molar-refractivity contribution in [3.05, 3.63) is 53.1 Å². The molecule has 0 atom stereocenters. The Morgan fingerprint density at radius 3 is 2.20 bits per heavy atom. The fraction of sp³-hybridized carbons (Fsp3) is 0.200. The molecule has 0 N–H and O–H groups in total. The topological polar surface area (TPSA) is 43.4 Å². The maximum atomic E-state index is 11.3. The molecule has 0 aliphatic rings. The molecule has 0 heterocycles. The van der Waals surface area contributed by atoms with Crippen molar-refractivity contribution >= 4 is 19.7 Å². The molecule has 20 heavy (non-hydrogen) atoms. The zero-order valence-corrected chi connectivity index (χ0v) is 13.0. The minimum absolute atomic E-state index is 0.104. The lowest BCUT2D eigenvalue weighted by molar-refractivity contribution is 0.478. The highest BCUT2D eigenvalue weighted by atomic mass is 35.7. The molecule has 2 aromatic rings. The van der Waals surface area contributed by atoms with Crippen molar-refractivity contribution < 1.29 is 13.2 Å². The Hall–Kier alpha value is -1.52. The van der Waals surface area contributed by atoms with Gasteiger partial charge in [0.05, 0.1) is 4.90 Å². The Bertz CT molecular complexity index is 752. The third-order valence-corrected chi connectivity index (χ3v) is 4.45. The predicted molar refractivity (Wildman–Crippen MR) is 80.2 cm³/mol. The molecule has 106 valence electrons. The Balaban J connectivity index is 2.34. The highest BCUT2D eigenvalue weighted by molar-refractivity contribution is 8.13. The number of hydrogen-bond donors (Lipinski definition) is 0. The van der Waals surface area contributed by atoms with Gasteiger partial charge in [-0.3, -0.25) is 0 Å². The van der Waals surface area contributed by atoms with Crippen molar-refractivity contribution in [2.24, 2.45) is 0 Å². The molecule has 0 spiro atoms. The maximum absolute atomic E-state index is 11.3. The van der Waals surface area contributed by atoms with Gasteiger partial charge in [-0.2, -0.15) is 0 Å². The third-order valence-electron chi connectivity index (χ3n) is 2.97. The molecular formula is C15H15ClO3S. The van der Waals surface area contributed by atoms with Gasteiger partial charge >= 0.3 is 0 Å². The van der Waals surface area contributed by atoms with Gasteiger partial charge in [0, 0.05) is 10.7 Å². The first-order chi connectivity index (χ1) is 9.27. The standard InChI is InChI=1S/C15H15ClO3S/c1-10-4-6-14(11(2)8-10)19-13-5-7-15(12(3)9-13)20(16,17)18/h4-9H,1-3H3. The molecule has 0 aliphatic heterocycles. The minimum atomic E-state index is -3.72. The first kappa shape index (κ1) is 14.9. The van der Waals surface area contributed by atoms with Crippen LogP contribution in [0.5, 0.6) is 11.5 Å². The average Bonchev–Trinajstić information content (AvgIpc) is 2.31. The Morgan fingerprint density at radius 1 is 0.950 bits per heavy atom. The van der Waals surface area contributed by atoms with Gasteiger partial charge in [0.25, 0.3) is 9.05 Å². The number of halogens is 1. The molecule has 0 fully saturated rings. The van der Waals surface area contributed by atoms with Crippen LogP contribution in [0.15, 0.2) is 41.3 Å². The average molecular weight is 311 g/mol. The van der Waals surface area contributed by atoms with Gasteiger partial charge in [-0.25, -0.2) is 8.42 Å². The molecule has 0 bridgehead atoms. The van der Waals surface area contributed by atoms with Crippen LogP contribution in [0.4, 0.5) is 0 Å². The van der Waals surface area contributed by atoms with Gasteiger partial charge in [-0.1, -0.05) is 17.7 Å². The zero-order valence-electron chi connectivity index (χ0n) is 11.5. The van der Waals surface area contributed by atoms with E-state index in [2.05, 4.69) is 0 Å². The van der Waals surface area contributed by atoms with Gasteiger partial charge in [0.2, 0.25) is 0 Å². The summed E-state index contributed by atoms with van der Waals surface area (Å²) in [6, 6.07) is 10.6. The third kappa shape index (κ3) is 3.32. The summed E-state index contributed by atoms with van der Waals surface area (Å²) in [5, 5.41) is 0. The summed E-state index contributed by atoms with van der Waals surface area (Å²) in [6.45, 7) is 5.66. The Labute approximate surface area is 123 Å². The fourth-order valence-electron chi connectivity index (χ4n) is 2.00. The van der Waals surface area contributed by atoms with Crippen LogP contribution in [-0.4, -0.2) is 8.42 Å². The molecule has 2 aromatic carbocycles. The summed E-state index contributed by atoms with van der Waals surface area (Å²) in [7, 11) is 1.63. The summed E-state index contributed by atoms with van der Waals surface area (Å²) < 4.78 is 28.5. The van der Waals surface area contributed by atoms with Crippen molar-refractivity contribution in [1.82, 2.24) is 0 Å². The monoisotopic (exact) mass is 310 g/mol. The molecular weight excluding hydrogens is 296 g/mol. The van der Waals surface area contributed by atoms with E-state index in [1.165, 1.54) is 6.07 Å². The van der Waals surface area contributed by atoms with Crippen molar-refractivity contribution in [3.8, 4) is 11.5 Å². The van der Waals surface area contributed by atoms with Gasteiger partial charge in [0.1, 0.15) is 11.5 Å². The quantitative estimate of drug-likeness (QED) is 0.792. The summed E-state index contributed by atoms with van der Waals surface area (Å²) in [5.41, 5.74) is 2.74. The number of hydrogen-bond acceptors (Lipinski definition) is 3. The van der Waals surface area contributed by atoms with Gasteiger partial charge in [0.15, 0.2) is 0 Å². The largest absolute Gasteiger partial charge is 0.457 e. The van der Waals surface area contributed by atoms with Crippen LogP contribution in [0.25, 0.3) is 0 Å². The second-order valence-electron chi connectivity index (χ2n) is 4.74. The molecule has 0 saturated carbocycles. The van der Waals surface area contributed by atoms with Gasteiger partial charge < -0.3 is 4.74 Å². The fourth-order valence-corrected chi connectivity index (χ4v) is 3.19. The van der Waals surface area contributed by atoms with Crippen LogP contribution in [-0.2, 0) is 9.05 Å². The molecule has 0 saturated heterocycles. The van der Waals surface area contributed by atoms with Crippen LogP contribution >= 0.6 is 10.7 Å². The van der Waals surface area contributed by atoms with Crippen molar-refractivity contribution in [2.75, 3.05) is 0 Å². The van der Waals surface area contributed by atoms with Crippen LogP contribution in [0.2, 0.25) is 0 Å². The second-order valence-corrected chi connectivity index (χ2v) is 7.27. The molecule has 0 radical (unpaired) electrons. The lowest BCUT2D eigenvalue weighted by Gasteiger charge is -2.11. The zero-order chi connectivity index (χ0) is 14.9. The first-order valence-corrected chi connectivity index (χ1v) is 8.39. The van der Waals surface area contributed by atoms with Crippen LogP contribution < -0.4 is 4.74 Å². The lowest BCUT2D eigenvalue weighted by atomic mass is 10.1. The maximum Gasteiger partial charge on any atom is 0.261 e. The van der Waals surface area contributed by atoms with E-state index < -0.39 is 9.05 Å². The van der Waals surface area contributed by atoms with Crippen molar-refractivity contribution in [2.45, 2.75) is 25.7 Å². The molecule has 3 nitrogen and oxygen atoms in total. The van der Waals surface area contributed by atoms with Crippen LogP contribution in [0.3, 0.4) is 0 Å². The molecule has 0 amide bonds. The first-order valence-electron chi connectivity index (χ1n) is 6.08. The molecule has 0 aliphatic carbocycles. The van der Waals surface area contributed by atoms with E-state index in [1.807, 2.05) is 32.0 Å². The summed E-state index contributed by atoms with van der Waals surface area (Å²) >= 11 is 0. The second kappa shape index (κ2) is 5.46. The smallest absolute Gasteiger partial charge is 0.261 e. The van der Waals surface area contributed by atoms with E-state index in [0.717, 1.165) is 16.9 Å². The van der Waals surface area contributed by atoms with E-state index in [0.29, 0.717) is 11.3 Å². The Kier molecular flexibility index (Phi) is 4.06. The van der Waals surface area contributed by atoms with Crippen molar-refractivity contribution in [3.63, 3.8) is 0 Å². The molecule has 0 unspecified atom stereocenters. The van der Waals surface area contributed by atoms with Crippen LogP contribution in [0.1, 0.15) is 16.7 Å². The predicted octanol–water partition coefficient (Wildman–Crippen LogP) is 4.33. The molecule has 5 heteroatoms. The van der Waals surface area contributed by atoms with Crippen molar-refractivity contribution in [1.29, 1.82) is 0 Å². The van der Waals surface area contributed by atoms with E-state index >= 15 is 0 Å². The summed E-state index contributed by atoms with van der Waals surface area (Å²) in [5.74, 6) is 1.33. The van der Waals surface area contributed by atoms with E-state index in [1.54, 1.807) is 19.1 Å². The molecule has 0 aromatic heterocycles.